The molecule has 6 nitrogen and oxygen atoms in total. The van der Waals surface area contributed by atoms with Crippen LogP contribution in [-0.2, 0) is 0 Å². The highest BCUT2D eigenvalue weighted by Gasteiger charge is 2.27. The van der Waals surface area contributed by atoms with Crippen LogP contribution in [0.1, 0.15) is 34.0 Å². The Morgan fingerprint density at radius 1 is 0.909 bits per heavy atom. The number of H-pyrrole nitrogens is 4. The van der Waals surface area contributed by atoms with Crippen LogP contribution in [-0.4, -0.2) is 20.4 Å². The van der Waals surface area contributed by atoms with Gasteiger partial charge in [-0.15, -0.1) is 0 Å². The molecule has 0 bridgehead atoms. The van der Waals surface area contributed by atoms with Gasteiger partial charge in [-0.05, 0) is 31.5 Å². The third-order valence-corrected chi connectivity index (χ3v) is 4.28. The maximum Gasteiger partial charge on any atom is 0.268 e. The van der Waals surface area contributed by atoms with Crippen LogP contribution in [0.25, 0.3) is 0 Å². The van der Waals surface area contributed by atoms with Crippen molar-refractivity contribution < 1.29 is 0 Å². The number of halogens is 1. The van der Waals surface area contributed by atoms with E-state index in [1.807, 2.05) is 38.1 Å². The summed E-state index contributed by atoms with van der Waals surface area (Å²) in [6.07, 6.45) is 0. The van der Waals surface area contributed by atoms with Gasteiger partial charge in [-0.2, -0.15) is 0 Å². The van der Waals surface area contributed by atoms with Crippen molar-refractivity contribution in [1.29, 1.82) is 0 Å². The van der Waals surface area contributed by atoms with Gasteiger partial charge in [-0.25, -0.2) is 0 Å². The second-order valence-corrected chi connectivity index (χ2v) is 6.14. The van der Waals surface area contributed by atoms with Gasteiger partial charge in [-0.1, -0.05) is 28.1 Å². The number of aromatic nitrogens is 4. The molecule has 0 saturated carbocycles. The Morgan fingerprint density at radius 2 is 1.45 bits per heavy atom. The molecular formula is C15H15BrN4O2. The monoisotopic (exact) mass is 362 g/mol. The largest absolute Gasteiger partial charge is 0.302 e. The van der Waals surface area contributed by atoms with Crippen molar-refractivity contribution >= 4 is 15.9 Å². The molecule has 3 rings (SSSR count). The van der Waals surface area contributed by atoms with Gasteiger partial charge in [0.25, 0.3) is 11.1 Å². The first-order valence-corrected chi connectivity index (χ1v) is 7.58. The van der Waals surface area contributed by atoms with Crippen molar-refractivity contribution in [2.24, 2.45) is 0 Å². The quantitative estimate of drug-likeness (QED) is 0.574. The number of nitrogens with one attached hydrogen (secondary N) is 4. The summed E-state index contributed by atoms with van der Waals surface area (Å²) in [6.45, 7) is 3.63. The molecule has 0 aliphatic carbocycles. The fourth-order valence-corrected chi connectivity index (χ4v) is 3.19. The SMILES string of the molecule is Cc1[nH][nH]c(=O)c1C(c1cccc(Br)c1)c1c(C)[nH][nH]c1=O. The summed E-state index contributed by atoms with van der Waals surface area (Å²) in [5.41, 5.74) is 2.96. The fourth-order valence-electron chi connectivity index (χ4n) is 2.77. The molecule has 7 heteroatoms. The molecule has 114 valence electrons. The highest BCUT2D eigenvalue weighted by Crippen LogP contribution is 2.32. The molecule has 0 saturated heterocycles. The lowest BCUT2D eigenvalue weighted by atomic mass is 9.85. The Balaban J connectivity index is 2.33. The molecule has 0 fully saturated rings. The van der Waals surface area contributed by atoms with Crippen LogP contribution in [0.15, 0.2) is 38.3 Å². The Hall–Kier alpha value is -2.28. The topological polar surface area (TPSA) is 97.3 Å². The van der Waals surface area contributed by atoms with Crippen molar-refractivity contribution in [3.8, 4) is 0 Å². The predicted molar refractivity (Wildman–Crippen MR) is 87.4 cm³/mol. The van der Waals surface area contributed by atoms with E-state index >= 15 is 0 Å². The van der Waals surface area contributed by atoms with Gasteiger partial charge in [0.05, 0.1) is 11.1 Å². The van der Waals surface area contributed by atoms with Gasteiger partial charge in [0.1, 0.15) is 0 Å². The fraction of sp³-hybridized carbons (Fsp3) is 0.200. The van der Waals surface area contributed by atoms with Crippen LogP contribution in [0.4, 0.5) is 0 Å². The van der Waals surface area contributed by atoms with Gasteiger partial charge in [0.2, 0.25) is 0 Å². The molecule has 0 atom stereocenters. The van der Waals surface area contributed by atoms with E-state index in [2.05, 4.69) is 36.3 Å². The van der Waals surface area contributed by atoms with Gasteiger partial charge in [0, 0.05) is 21.8 Å². The molecule has 0 spiro atoms. The zero-order chi connectivity index (χ0) is 15.9. The zero-order valence-corrected chi connectivity index (χ0v) is 13.7. The maximum atomic E-state index is 12.2. The molecule has 3 aromatic rings. The Bertz CT molecular complexity index is 877. The first kappa shape index (κ1) is 14.6. The van der Waals surface area contributed by atoms with Crippen molar-refractivity contribution in [2.75, 3.05) is 0 Å². The first-order chi connectivity index (χ1) is 10.5. The van der Waals surface area contributed by atoms with E-state index in [1.54, 1.807) is 0 Å². The van der Waals surface area contributed by atoms with Crippen LogP contribution in [0.2, 0.25) is 0 Å². The molecule has 0 amide bonds. The number of rotatable bonds is 3. The smallest absolute Gasteiger partial charge is 0.268 e. The average Bonchev–Trinajstić information content (AvgIpc) is 2.97. The zero-order valence-electron chi connectivity index (χ0n) is 12.1. The van der Waals surface area contributed by atoms with E-state index in [0.29, 0.717) is 11.1 Å². The number of aromatic amines is 4. The molecule has 4 N–H and O–H groups in total. The lowest BCUT2D eigenvalue weighted by molar-refractivity contribution is 0.930. The molecule has 0 unspecified atom stereocenters. The second kappa shape index (κ2) is 5.49. The Kier molecular flexibility index (Phi) is 3.66. The third-order valence-electron chi connectivity index (χ3n) is 3.78. The number of hydrogen-bond acceptors (Lipinski definition) is 2. The third kappa shape index (κ3) is 2.37. The minimum atomic E-state index is -0.442. The standard InChI is InChI=1S/C15H15BrN4O2/c1-7-11(14(21)19-17-7)13(9-4-3-5-10(16)6-9)12-8(2)18-20-15(12)22/h3-6,13H,1-2H3,(H2,17,19,21)(H2,18,20,22). The van der Waals surface area contributed by atoms with Crippen molar-refractivity contribution in [2.45, 2.75) is 19.8 Å². The van der Waals surface area contributed by atoms with E-state index in [9.17, 15) is 9.59 Å². The maximum absolute atomic E-state index is 12.2. The van der Waals surface area contributed by atoms with Crippen molar-refractivity contribution in [3.63, 3.8) is 0 Å². The summed E-state index contributed by atoms with van der Waals surface area (Å²) in [5.74, 6) is -0.442. The number of aryl methyl sites for hydroxylation is 2. The van der Waals surface area contributed by atoms with Crippen molar-refractivity contribution in [1.82, 2.24) is 20.4 Å². The first-order valence-electron chi connectivity index (χ1n) is 6.78. The molecular weight excluding hydrogens is 348 g/mol. The van der Waals surface area contributed by atoms with Gasteiger partial charge in [0.15, 0.2) is 0 Å². The summed E-state index contributed by atoms with van der Waals surface area (Å²) in [5, 5.41) is 10.8. The highest BCUT2D eigenvalue weighted by atomic mass is 79.9. The normalized spacial score (nSPS) is 11.3. The van der Waals surface area contributed by atoms with Crippen LogP contribution in [0.5, 0.6) is 0 Å². The Labute approximate surface area is 134 Å². The van der Waals surface area contributed by atoms with E-state index in [-0.39, 0.29) is 11.1 Å². The van der Waals surface area contributed by atoms with Gasteiger partial charge in [-0.3, -0.25) is 19.8 Å². The van der Waals surface area contributed by atoms with Gasteiger partial charge >= 0.3 is 0 Å². The lowest BCUT2D eigenvalue weighted by Crippen LogP contribution is -2.20. The minimum absolute atomic E-state index is 0.220. The predicted octanol–water partition coefficient (Wildman–Crippen LogP) is 2.28. The van der Waals surface area contributed by atoms with Crippen LogP contribution in [0.3, 0.4) is 0 Å². The summed E-state index contributed by atoms with van der Waals surface area (Å²) < 4.78 is 0.893. The number of benzene rings is 1. The summed E-state index contributed by atoms with van der Waals surface area (Å²) in [4.78, 5) is 24.5. The molecule has 0 aliphatic heterocycles. The van der Waals surface area contributed by atoms with E-state index in [0.717, 1.165) is 21.4 Å². The average molecular weight is 363 g/mol. The minimum Gasteiger partial charge on any atom is -0.302 e. The molecule has 0 radical (unpaired) electrons. The van der Waals surface area contributed by atoms with E-state index < -0.39 is 5.92 Å². The van der Waals surface area contributed by atoms with Crippen LogP contribution in [0, 0.1) is 13.8 Å². The second-order valence-electron chi connectivity index (χ2n) is 5.22. The lowest BCUT2D eigenvalue weighted by Gasteiger charge is -2.16. The van der Waals surface area contributed by atoms with Crippen LogP contribution < -0.4 is 11.1 Å². The summed E-state index contributed by atoms with van der Waals surface area (Å²) in [6, 6.07) is 7.62. The van der Waals surface area contributed by atoms with Crippen molar-refractivity contribution in [3.05, 3.63) is 77.5 Å². The van der Waals surface area contributed by atoms with Crippen LogP contribution >= 0.6 is 15.9 Å². The summed E-state index contributed by atoms with van der Waals surface area (Å²) >= 11 is 3.44. The van der Waals surface area contributed by atoms with E-state index in [1.165, 1.54) is 0 Å². The summed E-state index contributed by atoms with van der Waals surface area (Å²) in [7, 11) is 0. The molecule has 2 heterocycles. The molecule has 2 aromatic heterocycles. The van der Waals surface area contributed by atoms with E-state index in [4.69, 9.17) is 0 Å². The molecule has 22 heavy (non-hydrogen) atoms. The van der Waals surface area contributed by atoms with Gasteiger partial charge < -0.3 is 10.2 Å². The molecule has 1 aromatic carbocycles. The number of hydrogen-bond donors (Lipinski definition) is 4. The Morgan fingerprint density at radius 3 is 1.86 bits per heavy atom. The highest BCUT2D eigenvalue weighted by molar-refractivity contribution is 9.10. The molecule has 0 aliphatic rings.